The molecule has 2 aromatic rings. The number of benzene rings is 1. The van der Waals surface area contributed by atoms with Crippen LogP contribution in [0.5, 0.6) is 5.75 Å². The fourth-order valence-electron chi connectivity index (χ4n) is 2.06. The minimum absolute atomic E-state index is 0.233. The van der Waals surface area contributed by atoms with Crippen LogP contribution in [0.25, 0.3) is 5.69 Å². The van der Waals surface area contributed by atoms with E-state index in [1.807, 2.05) is 0 Å². The number of hydrogen-bond acceptors (Lipinski definition) is 4. The van der Waals surface area contributed by atoms with Gasteiger partial charge in [0.1, 0.15) is 11.6 Å². The molecule has 23 heavy (non-hydrogen) atoms. The number of imidazole rings is 1. The summed E-state index contributed by atoms with van der Waals surface area (Å²) in [6.07, 6.45) is -0.594. The fraction of sp³-hybridized carbons (Fsp3) is 0.471. The molecule has 6 heteroatoms. The number of aryl methyl sites for hydroxylation is 1. The third-order valence-corrected chi connectivity index (χ3v) is 4.06. The van der Waals surface area contributed by atoms with Crippen molar-refractivity contribution in [3.63, 3.8) is 0 Å². The molecule has 0 N–H and O–H groups in total. The Morgan fingerprint density at radius 3 is 2.65 bits per heavy atom. The molecule has 0 spiro atoms. The second-order valence-corrected chi connectivity index (χ2v) is 6.14. The second-order valence-electron chi connectivity index (χ2n) is 6.14. The first-order valence-electron chi connectivity index (χ1n) is 12.4. The van der Waals surface area contributed by atoms with Crippen molar-refractivity contribution in [2.24, 2.45) is 0 Å². The molecule has 1 aromatic carbocycles. The van der Waals surface area contributed by atoms with Crippen molar-refractivity contribution in [1.29, 1.82) is 0 Å². The SMILES string of the molecule is [2H]c1c([2H])c(OC([2H])([2H])[2H])c([2H])c(-n2c(C([2H])([2H])[2H])nc(B3OC(C)(C)C(C)(C)O3)c2[2H])c1[2H]. The van der Waals surface area contributed by atoms with Gasteiger partial charge in [0.25, 0.3) is 0 Å². The van der Waals surface area contributed by atoms with E-state index in [1.165, 1.54) is 0 Å². The lowest BCUT2D eigenvalue weighted by Gasteiger charge is -2.32. The lowest BCUT2D eigenvalue weighted by atomic mass is 9.86. The average Bonchev–Trinajstić information content (AvgIpc) is 3.10. The summed E-state index contributed by atoms with van der Waals surface area (Å²) in [7, 11) is -4.33. The molecular weight excluding hydrogens is 291 g/mol. The highest BCUT2D eigenvalue weighted by atomic mass is 16.7. The highest BCUT2D eigenvalue weighted by Crippen LogP contribution is 2.36. The van der Waals surface area contributed by atoms with Crippen LogP contribution in [0.3, 0.4) is 0 Å². The Bertz CT molecular complexity index is 1130. The third kappa shape index (κ3) is 2.77. The van der Waals surface area contributed by atoms with E-state index in [2.05, 4.69) is 4.98 Å². The topological polar surface area (TPSA) is 45.5 Å². The minimum Gasteiger partial charge on any atom is -0.497 e. The molecule has 0 atom stereocenters. The molecule has 1 fully saturated rings. The van der Waals surface area contributed by atoms with Gasteiger partial charge in [-0.3, -0.25) is 0 Å². The van der Waals surface area contributed by atoms with Gasteiger partial charge in [-0.15, -0.1) is 0 Å². The van der Waals surface area contributed by atoms with Gasteiger partial charge in [-0.2, -0.15) is 0 Å². The van der Waals surface area contributed by atoms with Crippen molar-refractivity contribution in [3.05, 3.63) is 36.2 Å². The summed E-state index contributed by atoms with van der Waals surface area (Å²) < 4.78 is 104. The zero-order valence-corrected chi connectivity index (χ0v) is 13.2. The van der Waals surface area contributed by atoms with Gasteiger partial charge in [-0.1, -0.05) is 6.04 Å². The standard InChI is InChI=1S/C17H23BN2O3/c1-12-19-15(18-22-16(2,3)17(4,5)23-18)11-20(12)13-8-7-9-14(10-13)21-6/h7-11H,1-6H3/i1D3,6D3,7D,8D,9D,10D,11D. The van der Waals surface area contributed by atoms with Crippen LogP contribution in [-0.4, -0.2) is 34.9 Å². The monoisotopic (exact) mass is 325 g/mol. The Hall–Kier alpha value is -1.79. The Kier molecular flexibility index (Phi) is 1.74. The summed E-state index contributed by atoms with van der Waals surface area (Å²) in [6, 6.07) is -3.26. The summed E-state index contributed by atoms with van der Waals surface area (Å²) in [4.78, 5) is 4.05. The fourth-order valence-corrected chi connectivity index (χ4v) is 2.06. The van der Waals surface area contributed by atoms with Crippen molar-refractivity contribution in [2.45, 2.75) is 45.7 Å². The van der Waals surface area contributed by atoms with Crippen LogP contribution in [0.15, 0.2) is 30.3 Å². The van der Waals surface area contributed by atoms with Gasteiger partial charge in [-0.05, 0) is 46.6 Å². The first-order chi connectivity index (χ1) is 15.2. The third-order valence-electron chi connectivity index (χ3n) is 4.06. The molecule has 5 nitrogen and oxygen atoms in total. The molecule has 0 bridgehead atoms. The summed E-state index contributed by atoms with van der Waals surface area (Å²) in [5.41, 5.74) is -2.54. The molecule has 1 aliphatic heterocycles. The van der Waals surface area contributed by atoms with E-state index in [-0.39, 0.29) is 5.59 Å². The van der Waals surface area contributed by atoms with Crippen molar-refractivity contribution < 1.29 is 29.1 Å². The minimum atomic E-state index is -3.09. The molecule has 1 aliphatic rings. The summed E-state index contributed by atoms with van der Waals surface area (Å²) >= 11 is 0. The van der Waals surface area contributed by atoms with E-state index in [0.29, 0.717) is 4.57 Å². The lowest BCUT2D eigenvalue weighted by molar-refractivity contribution is 0.00578. The molecular formula is C17H23BN2O3. The number of aromatic nitrogens is 2. The smallest absolute Gasteiger partial charge is 0.497 e. The molecule has 3 rings (SSSR count). The number of methoxy groups -OCH3 is 1. The number of nitrogens with zero attached hydrogens (tertiary/aromatic N) is 2. The van der Waals surface area contributed by atoms with Crippen molar-refractivity contribution >= 4 is 12.7 Å². The van der Waals surface area contributed by atoms with Crippen LogP contribution < -0.4 is 10.3 Å². The predicted molar refractivity (Wildman–Crippen MR) is 90.6 cm³/mol. The van der Waals surface area contributed by atoms with Crippen LogP contribution in [0.1, 0.15) is 48.6 Å². The maximum atomic E-state index is 8.64. The van der Waals surface area contributed by atoms with Crippen molar-refractivity contribution in [3.8, 4) is 11.4 Å². The summed E-state index contributed by atoms with van der Waals surface area (Å²) in [6.45, 7) is 4.06. The lowest BCUT2D eigenvalue weighted by Crippen LogP contribution is -2.41. The first kappa shape index (κ1) is 7.41. The summed E-state index contributed by atoms with van der Waals surface area (Å²) in [5, 5.41) is 0. The van der Waals surface area contributed by atoms with E-state index in [9.17, 15) is 0 Å². The van der Waals surface area contributed by atoms with Gasteiger partial charge >= 0.3 is 7.12 Å². The van der Waals surface area contributed by atoms with E-state index in [4.69, 9.17) is 29.1 Å². The van der Waals surface area contributed by atoms with Crippen molar-refractivity contribution in [1.82, 2.24) is 9.55 Å². The molecule has 2 heterocycles. The first-order valence-corrected chi connectivity index (χ1v) is 6.94. The molecule has 0 aliphatic carbocycles. The zero-order valence-electron chi connectivity index (χ0n) is 24.2. The van der Waals surface area contributed by atoms with E-state index in [1.54, 1.807) is 27.7 Å². The normalized spacial score (nSPS) is 27.1. The predicted octanol–water partition coefficient (Wildman–Crippen LogP) is 2.49. The van der Waals surface area contributed by atoms with E-state index in [0.717, 1.165) is 0 Å². The maximum absolute atomic E-state index is 8.64. The Balaban J connectivity index is 2.33. The molecule has 0 radical (unpaired) electrons. The van der Waals surface area contributed by atoms with Crippen molar-refractivity contribution in [2.75, 3.05) is 7.04 Å². The van der Waals surface area contributed by atoms with Crippen LogP contribution in [0.2, 0.25) is 0 Å². The van der Waals surface area contributed by atoms with Gasteiger partial charge < -0.3 is 18.6 Å². The molecule has 122 valence electrons. The van der Waals surface area contributed by atoms with Crippen LogP contribution in [0, 0.1) is 6.85 Å². The quantitative estimate of drug-likeness (QED) is 0.814. The Morgan fingerprint density at radius 1 is 1.26 bits per heavy atom. The second kappa shape index (κ2) is 5.39. The maximum Gasteiger partial charge on any atom is 0.516 e. The largest absolute Gasteiger partial charge is 0.516 e. The van der Waals surface area contributed by atoms with Gasteiger partial charge in [0.15, 0.2) is 0 Å². The molecule has 0 amide bonds. The average molecular weight is 325 g/mol. The molecule has 1 aromatic heterocycles. The number of hydrogen-bond donors (Lipinski definition) is 0. The highest BCUT2D eigenvalue weighted by Gasteiger charge is 2.52. The molecule has 0 saturated carbocycles. The number of ether oxygens (including phenoxy) is 1. The van der Waals surface area contributed by atoms with Gasteiger partial charge in [0.2, 0.25) is 0 Å². The van der Waals surface area contributed by atoms with Crippen LogP contribution in [-0.2, 0) is 9.31 Å². The Labute approximate surface area is 153 Å². The molecule has 1 saturated heterocycles. The summed E-state index contributed by atoms with van der Waals surface area (Å²) in [5.74, 6) is -1.57. The van der Waals surface area contributed by atoms with Crippen LogP contribution >= 0.6 is 0 Å². The zero-order chi connectivity index (χ0) is 26.2. The van der Waals surface area contributed by atoms with Crippen LogP contribution in [0.4, 0.5) is 0 Å². The van der Waals surface area contributed by atoms with Gasteiger partial charge in [0, 0.05) is 16.3 Å². The van der Waals surface area contributed by atoms with Gasteiger partial charge in [-0.25, -0.2) is 4.98 Å². The number of rotatable bonds is 3. The van der Waals surface area contributed by atoms with Gasteiger partial charge in [0.05, 0.1) is 40.5 Å². The van der Waals surface area contributed by atoms with E-state index >= 15 is 0 Å². The Morgan fingerprint density at radius 2 is 2.00 bits per heavy atom. The van der Waals surface area contributed by atoms with E-state index < -0.39 is 79.8 Å². The highest BCUT2D eigenvalue weighted by molar-refractivity contribution is 6.61. The molecule has 0 unspecified atom stereocenters.